The predicted molar refractivity (Wildman–Crippen MR) is 66.4 cm³/mol. The maximum absolute atomic E-state index is 4.89. The van der Waals surface area contributed by atoms with Crippen molar-refractivity contribution in [2.75, 3.05) is 0 Å². The summed E-state index contributed by atoms with van der Waals surface area (Å²) in [4.78, 5) is 3.70. The molecule has 1 nitrogen and oxygen atoms in total. The van der Waals surface area contributed by atoms with E-state index in [-0.39, 0.29) is 0 Å². The summed E-state index contributed by atoms with van der Waals surface area (Å²) in [6.45, 7) is 0. The van der Waals surface area contributed by atoms with E-state index in [1.54, 1.807) is 12.2 Å². The molecule has 0 unspecified atom stereocenters. The smallest absolute Gasteiger partial charge is 0.0481 e. The van der Waals surface area contributed by atoms with Crippen molar-refractivity contribution in [2.45, 2.75) is 0 Å². The third kappa shape index (κ3) is 10.8. The van der Waals surface area contributed by atoms with Gasteiger partial charge in [-0.2, -0.15) is 0 Å². The zero-order valence-corrected chi connectivity index (χ0v) is 8.33. The van der Waals surface area contributed by atoms with Crippen molar-refractivity contribution in [3.63, 3.8) is 0 Å². The highest BCUT2D eigenvalue weighted by Gasteiger charge is 1.60. The first-order valence-electron chi connectivity index (χ1n) is 4.01. The number of aliphatic imine (C=N–C) groups is 1. The van der Waals surface area contributed by atoms with Crippen LogP contribution in [0.25, 0.3) is 0 Å². The summed E-state index contributed by atoms with van der Waals surface area (Å²) in [5.74, 6) is 21.4. The molecule has 0 aromatic rings. The van der Waals surface area contributed by atoms with Crippen LogP contribution in [0.1, 0.15) is 0 Å². The lowest BCUT2D eigenvalue weighted by Gasteiger charge is -1.66. The molecule has 0 heterocycles. The second-order valence-electron chi connectivity index (χ2n) is 1.93. The number of terminal acetylenes is 2. The van der Waals surface area contributed by atoms with E-state index in [2.05, 4.69) is 64.3 Å². The van der Waals surface area contributed by atoms with E-state index in [0.29, 0.717) is 0 Å². The zero-order chi connectivity index (χ0) is 11.9. The van der Waals surface area contributed by atoms with Crippen LogP contribution in [0.15, 0.2) is 17.1 Å². The number of hydrogen-bond donors (Lipinski definition) is 0. The molecule has 70 valence electrons. The van der Waals surface area contributed by atoms with E-state index in [0.717, 1.165) is 0 Å². The van der Waals surface area contributed by atoms with Gasteiger partial charge >= 0.3 is 0 Å². The maximum Gasteiger partial charge on any atom is 0.0481 e. The summed E-state index contributed by atoms with van der Waals surface area (Å²) in [5, 5.41) is 0. The molecule has 1 heteroatoms. The standard InChI is InChI=1S/C15H5N/c1-3-5-7-9-10-11-13-15-16-14-12-8-6-4-2/h1-2,11,13,15H. The zero-order valence-electron chi connectivity index (χ0n) is 8.33. The number of hydrogen-bond acceptors (Lipinski definition) is 1. The largest absolute Gasteiger partial charge is 0.205 e. The monoisotopic (exact) mass is 199 g/mol. The summed E-state index contributed by atoms with van der Waals surface area (Å²) in [6.07, 6.45) is 14.4. The summed E-state index contributed by atoms with van der Waals surface area (Å²) in [7, 11) is 0. The van der Waals surface area contributed by atoms with Gasteiger partial charge in [0.05, 0.1) is 0 Å². The van der Waals surface area contributed by atoms with Gasteiger partial charge in [-0.3, -0.25) is 0 Å². The highest BCUT2D eigenvalue weighted by Crippen LogP contribution is 1.67. The molecule has 0 aliphatic heterocycles. The quantitative estimate of drug-likeness (QED) is 0.438. The van der Waals surface area contributed by atoms with Gasteiger partial charge < -0.3 is 0 Å². The molecule has 0 saturated carbocycles. The number of rotatable bonds is 1. The molecule has 0 aliphatic rings. The summed E-state index contributed by atoms with van der Waals surface area (Å²) >= 11 is 0. The van der Waals surface area contributed by atoms with Gasteiger partial charge in [0.15, 0.2) is 0 Å². The van der Waals surface area contributed by atoms with Gasteiger partial charge in [-0.1, -0.05) is 5.92 Å². The van der Waals surface area contributed by atoms with E-state index in [1.807, 2.05) is 0 Å². The average Bonchev–Trinajstić information content (AvgIpc) is 2.31. The van der Waals surface area contributed by atoms with Gasteiger partial charge in [-0.25, -0.2) is 4.99 Å². The first kappa shape index (κ1) is 12.8. The lowest BCUT2D eigenvalue weighted by Crippen LogP contribution is -1.61. The predicted octanol–water partition coefficient (Wildman–Crippen LogP) is 0.851. The van der Waals surface area contributed by atoms with Crippen LogP contribution < -0.4 is 0 Å². The van der Waals surface area contributed by atoms with Crippen LogP contribution in [-0.2, 0) is 0 Å². The molecule has 16 heavy (non-hydrogen) atoms. The normalized spacial score (nSPS) is 6.62. The van der Waals surface area contributed by atoms with Crippen molar-refractivity contribution in [3.8, 4) is 72.2 Å². The first-order valence-corrected chi connectivity index (χ1v) is 4.01. The Hall–Kier alpha value is -3.23. The molecule has 0 radical (unpaired) electrons. The first-order chi connectivity index (χ1) is 7.91. The third-order valence-electron chi connectivity index (χ3n) is 0.927. The highest BCUT2D eigenvalue weighted by molar-refractivity contribution is 5.73. The van der Waals surface area contributed by atoms with Crippen molar-refractivity contribution >= 4 is 6.21 Å². The van der Waals surface area contributed by atoms with Crippen molar-refractivity contribution in [1.29, 1.82) is 0 Å². The van der Waals surface area contributed by atoms with Crippen LogP contribution in [0.2, 0.25) is 0 Å². The Morgan fingerprint density at radius 2 is 1.50 bits per heavy atom. The molecule has 0 N–H and O–H groups in total. The van der Waals surface area contributed by atoms with Crippen molar-refractivity contribution < 1.29 is 0 Å². The van der Waals surface area contributed by atoms with Crippen LogP contribution >= 0.6 is 0 Å². The molecule has 0 saturated heterocycles. The maximum atomic E-state index is 4.89. The van der Waals surface area contributed by atoms with E-state index in [9.17, 15) is 0 Å². The molecular weight excluding hydrogens is 194 g/mol. The molecular formula is C15H5N. The molecule has 0 amide bonds. The minimum Gasteiger partial charge on any atom is -0.205 e. The Kier molecular flexibility index (Phi) is 9.39. The second-order valence-corrected chi connectivity index (χ2v) is 1.93. The summed E-state index contributed by atoms with van der Waals surface area (Å²) in [6, 6.07) is 2.43. The van der Waals surface area contributed by atoms with Crippen molar-refractivity contribution in [1.82, 2.24) is 0 Å². The van der Waals surface area contributed by atoms with Crippen LogP contribution in [0.3, 0.4) is 0 Å². The molecule has 0 bridgehead atoms. The second kappa shape index (κ2) is 11.8. The Labute approximate surface area is 96.0 Å². The topological polar surface area (TPSA) is 12.4 Å². The SMILES string of the molecule is C#CC#CC#CC=CC=NC#CC#CC#C. The molecule has 0 spiro atoms. The summed E-state index contributed by atoms with van der Waals surface area (Å²) in [5.41, 5.74) is 0. The molecule has 0 aromatic heterocycles. The Morgan fingerprint density at radius 1 is 0.812 bits per heavy atom. The summed E-state index contributed by atoms with van der Waals surface area (Å²) < 4.78 is 0. The highest BCUT2D eigenvalue weighted by atomic mass is 14.6. The van der Waals surface area contributed by atoms with E-state index in [4.69, 9.17) is 12.8 Å². The third-order valence-corrected chi connectivity index (χ3v) is 0.927. The minimum atomic E-state index is 1.48. The lowest BCUT2D eigenvalue weighted by atomic mass is 10.5. The molecule has 0 fully saturated rings. The van der Waals surface area contributed by atoms with Gasteiger partial charge in [0.25, 0.3) is 0 Å². The number of allylic oxidation sites excluding steroid dienone is 2. The minimum absolute atomic E-state index is 1.48. The Bertz CT molecular complexity index is 543. The van der Waals surface area contributed by atoms with Gasteiger partial charge in [-0.05, 0) is 47.7 Å². The Balaban J connectivity index is 4.05. The van der Waals surface area contributed by atoms with Crippen molar-refractivity contribution in [2.24, 2.45) is 4.99 Å². The average molecular weight is 199 g/mol. The fourth-order valence-corrected chi connectivity index (χ4v) is 0.444. The van der Waals surface area contributed by atoms with E-state index in [1.165, 1.54) is 6.21 Å². The van der Waals surface area contributed by atoms with Gasteiger partial charge in [0.2, 0.25) is 0 Å². The van der Waals surface area contributed by atoms with Crippen molar-refractivity contribution in [3.05, 3.63) is 12.2 Å². The van der Waals surface area contributed by atoms with Gasteiger partial charge in [0, 0.05) is 24.1 Å². The fraction of sp³-hybridized carbons (Fsp3) is 0. The number of nitrogens with zero attached hydrogens (tertiary/aromatic N) is 1. The van der Waals surface area contributed by atoms with E-state index >= 15 is 0 Å². The van der Waals surface area contributed by atoms with Gasteiger partial charge in [0.1, 0.15) is 0 Å². The molecule has 0 rings (SSSR count). The molecule has 0 atom stereocenters. The lowest BCUT2D eigenvalue weighted by molar-refractivity contribution is 1.72. The van der Waals surface area contributed by atoms with E-state index < -0.39 is 0 Å². The van der Waals surface area contributed by atoms with Crippen LogP contribution in [0, 0.1) is 72.2 Å². The Morgan fingerprint density at radius 3 is 2.19 bits per heavy atom. The fourth-order valence-electron chi connectivity index (χ4n) is 0.444. The van der Waals surface area contributed by atoms with Crippen LogP contribution in [0.4, 0.5) is 0 Å². The van der Waals surface area contributed by atoms with Gasteiger partial charge in [-0.15, -0.1) is 12.8 Å². The van der Waals surface area contributed by atoms with Crippen LogP contribution in [0.5, 0.6) is 0 Å². The molecule has 0 aromatic carbocycles. The van der Waals surface area contributed by atoms with Crippen LogP contribution in [-0.4, -0.2) is 6.21 Å². The molecule has 0 aliphatic carbocycles.